The first-order chi connectivity index (χ1) is 26.3. The highest BCUT2D eigenvalue weighted by Crippen LogP contribution is 2.39. The molecule has 0 bridgehead atoms. The Hall–Kier alpha value is -5.07. The Labute approximate surface area is 314 Å². The van der Waals surface area contributed by atoms with Crippen LogP contribution in [0, 0.1) is 0 Å². The first-order valence-corrected chi connectivity index (χ1v) is 18.9. The van der Waals surface area contributed by atoms with Crippen LogP contribution in [0.4, 0.5) is 0 Å². The van der Waals surface area contributed by atoms with Crippen LogP contribution in [0.2, 0.25) is 0 Å². The van der Waals surface area contributed by atoms with Gasteiger partial charge in [-0.2, -0.15) is 0 Å². The van der Waals surface area contributed by atoms with Crippen molar-refractivity contribution in [3.05, 3.63) is 130 Å². The van der Waals surface area contributed by atoms with E-state index in [1.165, 1.54) is 0 Å². The van der Waals surface area contributed by atoms with Crippen molar-refractivity contribution >= 4 is 22.9 Å². The Bertz CT molecular complexity index is 2100. The Morgan fingerprint density at radius 2 is 1.56 bits per heavy atom. The molecule has 11 nitrogen and oxygen atoms in total. The number of carbonyl (C=O) groups excluding carboxylic acids is 1. The summed E-state index contributed by atoms with van der Waals surface area (Å²) in [6, 6.07) is 32.2. The van der Waals surface area contributed by atoms with Gasteiger partial charge in [0.2, 0.25) is 5.91 Å². The van der Waals surface area contributed by atoms with Crippen LogP contribution >= 0.6 is 0 Å². The number of imidazole rings is 1. The number of para-hydroxylation sites is 2. The maximum absolute atomic E-state index is 12.9. The number of unbranched alkanes of at least 4 members (excludes halogenated alkanes) is 1. The second-order valence-electron chi connectivity index (χ2n) is 14.4. The lowest BCUT2D eigenvalue weighted by Crippen LogP contribution is -2.43. The Morgan fingerprint density at radius 3 is 2.33 bits per heavy atom. The van der Waals surface area contributed by atoms with Gasteiger partial charge in [-0.15, -0.1) is 0 Å². The molecule has 3 unspecified atom stereocenters. The predicted octanol–water partition coefficient (Wildman–Crippen LogP) is 6.63. The summed E-state index contributed by atoms with van der Waals surface area (Å²) >= 11 is 0. The van der Waals surface area contributed by atoms with Gasteiger partial charge in [-0.1, -0.05) is 72.8 Å². The van der Waals surface area contributed by atoms with E-state index in [4.69, 9.17) is 14.6 Å². The lowest BCUT2D eigenvalue weighted by Gasteiger charge is -2.40. The first-order valence-electron chi connectivity index (χ1n) is 18.9. The van der Waals surface area contributed by atoms with Crippen molar-refractivity contribution in [1.82, 2.24) is 19.8 Å². The van der Waals surface area contributed by atoms with Gasteiger partial charge in [-0.05, 0) is 77.8 Å². The minimum absolute atomic E-state index is 0.0181. The lowest BCUT2D eigenvalue weighted by atomic mass is 9.97. The summed E-state index contributed by atoms with van der Waals surface area (Å²) in [5, 5.41) is 21.4. The van der Waals surface area contributed by atoms with E-state index < -0.39 is 12.3 Å². The van der Waals surface area contributed by atoms with Gasteiger partial charge in [0, 0.05) is 57.0 Å². The second kappa shape index (κ2) is 17.4. The summed E-state index contributed by atoms with van der Waals surface area (Å²) in [5.41, 5.74) is 7.54. The average Bonchev–Trinajstić information content (AvgIpc) is 3.54. The maximum atomic E-state index is 12.9. The summed E-state index contributed by atoms with van der Waals surface area (Å²) < 4.78 is 15.3. The number of aromatic amines is 1. The number of hydrogen-bond acceptors (Lipinski definition) is 7. The van der Waals surface area contributed by atoms with E-state index in [1.54, 1.807) is 0 Å². The molecule has 0 aliphatic carbocycles. The molecule has 11 heteroatoms. The van der Waals surface area contributed by atoms with Crippen LogP contribution in [0.1, 0.15) is 85.6 Å². The number of hydrogen-bond donors (Lipinski definition) is 4. The van der Waals surface area contributed by atoms with Crippen molar-refractivity contribution in [3.8, 4) is 11.1 Å². The number of fused-ring (bicyclic) bond motifs is 1. The minimum atomic E-state index is -0.847. The fourth-order valence-corrected chi connectivity index (χ4v) is 7.69. The van der Waals surface area contributed by atoms with Crippen LogP contribution in [0.3, 0.4) is 0 Å². The zero-order chi connectivity index (χ0) is 37.4. The number of aliphatic carboxylic acids is 1. The van der Waals surface area contributed by atoms with Crippen molar-refractivity contribution in [2.24, 2.45) is 0 Å². The molecule has 5 aromatic rings. The number of aromatic nitrogens is 2. The van der Waals surface area contributed by atoms with Crippen molar-refractivity contribution < 1.29 is 29.3 Å². The number of carboxylic acids is 1. The highest BCUT2D eigenvalue weighted by Gasteiger charge is 2.34. The molecule has 4 aromatic carbocycles. The molecule has 4 N–H and O–H groups in total. The van der Waals surface area contributed by atoms with Crippen molar-refractivity contribution in [3.63, 3.8) is 0 Å². The fraction of sp³-hybridized carbons (Fsp3) is 0.372. The first kappa shape index (κ1) is 37.3. The normalized spacial score (nSPS) is 19.5. The SMILES string of the molecule is O=C(O)CCCCC(=O)NCc1cccc(-c2cccc(C3OC(CN4CCC(n5c(=O)[nH]c6ccccc65)CC4)CC(c4ccc(CO)cc4)O3)c2)c1. The number of amides is 1. The van der Waals surface area contributed by atoms with Gasteiger partial charge in [0.05, 0.1) is 29.8 Å². The number of ether oxygens (including phenoxy) is 2. The smallest absolute Gasteiger partial charge is 0.326 e. The van der Waals surface area contributed by atoms with Crippen LogP contribution in [0.25, 0.3) is 22.2 Å². The molecule has 1 aromatic heterocycles. The van der Waals surface area contributed by atoms with Gasteiger partial charge in [0.15, 0.2) is 6.29 Å². The minimum Gasteiger partial charge on any atom is -0.481 e. The van der Waals surface area contributed by atoms with Crippen LogP contribution in [-0.2, 0) is 32.2 Å². The summed E-state index contributed by atoms with van der Waals surface area (Å²) in [4.78, 5) is 41.4. The number of benzene rings is 4. The summed E-state index contributed by atoms with van der Waals surface area (Å²) in [7, 11) is 0. The number of aliphatic hydroxyl groups is 1. The molecule has 54 heavy (non-hydrogen) atoms. The highest BCUT2D eigenvalue weighted by molar-refractivity contribution is 5.76. The van der Waals surface area contributed by atoms with Gasteiger partial charge in [0.1, 0.15) is 0 Å². The Kier molecular flexibility index (Phi) is 12.0. The zero-order valence-electron chi connectivity index (χ0n) is 30.4. The third-order valence-corrected chi connectivity index (χ3v) is 10.6. The molecule has 1 amide bonds. The number of nitrogens with zero attached hydrogens (tertiary/aromatic N) is 2. The summed E-state index contributed by atoms with van der Waals surface area (Å²) in [6.45, 7) is 2.82. The number of nitrogens with one attached hydrogen (secondary N) is 2. The number of piperidine rings is 1. The van der Waals surface area contributed by atoms with Crippen molar-refractivity contribution in [1.29, 1.82) is 0 Å². The average molecular weight is 733 g/mol. The number of aliphatic hydroxyl groups excluding tert-OH is 1. The number of H-pyrrole nitrogens is 1. The van der Waals surface area contributed by atoms with Crippen LogP contribution in [-0.4, -0.2) is 62.3 Å². The fourth-order valence-electron chi connectivity index (χ4n) is 7.69. The molecule has 0 saturated carbocycles. The molecule has 2 fully saturated rings. The van der Waals surface area contributed by atoms with E-state index in [1.807, 2.05) is 83.4 Å². The largest absolute Gasteiger partial charge is 0.481 e. The van der Waals surface area contributed by atoms with Crippen LogP contribution in [0.5, 0.6) is 0 Å². The van der Waals surface area contributed by atoms with Crippen molar-refractivity contribution in [2.45, 2.75) is 82.6 Å². The lowest BCUT2D eigenvalue weighted by molar-refractivity contribution is -0.253. The third-order valence-electron chi connectivity index (χ3n) is 10.6. The van der Waals surface area contributed by atoms with Crippen LogP contribution < -0.4 is 11.0 Å². The molecular weight excluding hydrogens is 684 g/mol. The summed E-state index contributed by atoms with van der Waals surface area (Å²) in [6.07, 6.45) is 2.92. The quantitative estimate of drug-likeness (QED) is 0.0931. The molecule has 2 aliphatic heterocycles. The maximum Gasteiger partial charge on any atom is 0.326 e. The van der Waals surface area contributed by atoms with Gasteiger partial charge in [-0.25, -0.2) is 4.79 Å². The van der Waals surface area contributed by atoms with E-state index in [0.29, 0.717) is 32.2 Å². The van der Waals surface area contributed by atoms with E-state index in [9.17, 15) is 19.5 Å². The number of carbonyl (C=O) groups is 2. The molecule has 3 heterocycles. The van der Waals surface area contributed by atoms with E-state index in [2.05, 4.69) is 33.4 Å². The number of likely N-dealkylation sites (tertiary alicyclic amines) is 1. The monoisotopic (exact) mass is 732 g/mol. The van der Waals surface area contributed by atoms with Crippen LogP contribution in [0.15, 0.2) is 102 Å². The Morgan fingerprint density at radius 1 is 0.815 bits per heavy atom. The van der Waals surface area contributed by atoms with E-state index in [0.717, 1.165) is 76.9 Å². The van der Waals surface area contributed by atoms with Gasteiger partial charge >= 0.3 is 11.7 Å². The highest BCUT2D eigenvalue weighted by atomic mass is 16.7. The molecule has 7 rings (SSSR count). The standard InChI is InChI=1S/C43H48N4O7/c48-28-29-15-17-31(18-16-29)39-25-36(27-46-21-19-35(20-22-46)47-38-12-2-1-11-37(38)45-43(47)52)53-42(54-39)34-10-6-9-33(24-34)32-8-5-7-30(23-32)26-44-40(49)13-3-4-14-41(50)51/h1-2,5-12,15-18,23-24,35-36,39,42,48H,3-4,13-14,19-22,25-28H2,(H,44,49)(H,45,52)(H,50,51). The zero-order valence-corrected chi connectivity index (χ0v) is 30.4. The summed E-state index contributed by atoms with van der Waals surface area (Å²) in [5.74, 6) is -0.941. The van der Waals surface area contributed by atoms with E-state index in [-0.39, 0.29) is 42.9 Å². The second-order valence-corrected chi connectivity index (χ2v) is 14.4. The van der Waals surface area contributed by atoms with Gasteiger partial charge in [0.25, 0.3) is 0 Å². The van der Waals surface area contributed by atoms with Gasteiger partial charge in [-0.3, -0.25) is 14.2 Å². The molecule has 0 radical (unpaired) electrons. The Balaban J connectivity index is 1.03. The number of rotatable bonds is 14. The molecule has 282 valence electrons. The number of carboxylic acid groups (broad SMARTS) is 1. The third kappa shape index (κ3) is 9.17. The molecule has 2 aliphatic rings. The van der Waals surface area contributed by atoms with Gasteiger partial charge < -0.3 is 34.9 Å². The van der Waals surface area contributed by atoms with Crippen molar-refractivity contribution in [2.75, 3.05) is 19.6 Å². The molecule has 2 saturated heterocycles. The molecule has 3 atom stereocenters. The van der Waals surface area contributed by atoms with E-state index >= 15 is 0 Å². The molecule has 0 spiro atoms. The molecular formula is C43H48N4O7. The predicted molar refractivity (Wildman–Crippen MR) is 206 cm³/mol. The topological polar surface area (TPSA) is 146 Å².